The van der Waals surface area contributed by atoms with Crippen molar-refractivity contribution in [1.29, 1.82) is 0 Å². The topological polar surface area (TPSA) is 46.4 Å². The van der Waals surface area contributed by atoms with Gasteiger partial charge in [0.25, 0.3) is 5.91 Å². The number of nitrogens with one attached hydrogen (secondary N) is 1. The Bertz CT molecular complexity index is 1380. The molecule has 35 heavy (non-hydrogen) atoms. The average Bonchev–Trinajstić information content (AvgIpc) is 3.13. The van der Waals surface area contributed by atoms with Crippen molar-refractivity contribution in [3.63, 3.8) is 0 Å². The van der Waals surface area contributed by atoms with Crippen molar-refractivity contribution in [2.45, 2.75) is 24.5 Å². The van der Waals surface area contributed by atoms with E-state index in [1.54, 1.807) is 36.2 Å². The predicted molar refractivity (Wildman–Crippen MR) is 148 cm³/mol. The van der Waals surface area contributed by atoms with Crippen LogP contribution in [0.15, 0.2) is 82.8 Å². The first-order valence-electron chi connectivity index (χ1n) is 10.8. The van der Waals surface area contributed by atoms with Gasteiger partial charge in [-0.25, -0.2) is 5.43 Å². The van der Waals surface area contributed by atoms with Gasteiger partial charge in [0.05, 0.1) is 16.3 Å². The van der Waals surface area contributed by atoms with E-state index in [1.165, 1.54) is 0 Å². The minimum absolute atomic E-state index is 0.267. The molecule has 0 fully saturated rings. The van der Waals surface area contributed by atoms with E-state index in [1.807, 2.05) is 68.4 Å². The van der Waals surface area contributed by atoms with E-state index in [2.05, 4.69) is 15.1 Å². The lowest BCUT2D eigenvalue weighted by atomic mass is 10.1. The Labute approximate surface area is 223 Å². The summed E-state index contributed by atoms with van der Waals surface area (Å²) in [4.78, 5) is 13.7. The fourth-order valence-electron chi connectivity index (χ4n) is 3.61. The lowest BCUT2D eigenvalue weighted by Gasteiger charge is -2.10. The van der Waals surface area contributed by atoms with Gasteiger partial charge in [0.2, 0.25) is 0 Å². The molecule has 178 valence electrons. The standard InChI is InChI=1S/C27H22Cl3N3OS/c1-17-13-21(18(2)33(17)23-9-12-25(29)26(30)14-23)15-31-32-27(34)20-5-3-19(4-6-20)16-35-24-10-7-22(28)8-11-24/h3-15H,16H2,1-2H3,(H,32,34)/b31-15+. The largest absolute Gasteiger partial charge is 0.318 e. The maximum Gasteiger partial charge on any atom is 0.271 e. The van der Waals surface area contributed by atoms with Crippen molar-refractivity contribution >= 4 is 58.7 Å². The molecule has 0 atom stereocenters. The molecule has 4 nitrogen and oxygen atoms in total. The van der Waals surface area contributed by atoms with E-state index >= 15 is 0 Å². The van der Waals surface area contributed by atoms with Crippen molar-refractivity contribution in [3.05, 3.63) is 116 Å². The molecule has 4 rings (SSSR count). The molecule has 0 saturated carbocycles. The minimum Gasteiger partial charge on any atom is -0.318 e. The Balaban J connectivity index is 1.37. The number of rotatable bonds is 7. The molecule has 4 aromatic rings. The van der Waals surface area contributed by atoms with Crippen LogP contribution >= 0.6 is 46.6 Å². The van der Waals surface area contributed by atoms with Crippen LogP contribution in [0.2, 0.25) is 15.1 Å². The number of halogens is 3. The van der Waals surface area contributed by atoms with Gasteiger partial charge in [0.1, 0.15) is 0 Å². The van der Waals surface area contributed by atoms with Gasteiger partial charge in [0.15, 0.2) is 0 Å². The highest BCUT2D eigenvalue weighted by Crippen LogP contribution is 2.27. The fourth-order valence-corrected chi connectivity index (χ4v) is 4.89. The van der Waals surface area contributed by atoms with Gasteiger partial charge < -0.3 is 4.57 Å². The van der Waals surface area contributed by atoms with E-state index in [9.17, 15) is 4.79 Å². The van der Waals surface area contributed by atoms with Crippen LogP contribution in [0.25, 0.3) is 5.69 Å². The van der Waals surface area contributed by atoms with Crippen LogP contribution in [0.1, 0.15) is 32.9 Å². The van der Waals surface area contributed by atoms with Crippen molar-refractivity contribution in [2.24, 2.45) is 5.10 Å². The first-order valence-corrected chi connectivity index (χ1v) is 12.9. The monoisotopic (exact) mass is 541 g/mol. The molecule has 0 aliphatic heterocycles. The molecule has 0 unspecified atom stereocenters. The number of hydrogen-bond acceptors (Lipinski definition) is 3. The zero-order valence-electron chi connectivity index (χ0n) is 19.1. The predicted octanol–water partition coefficient (Wildman–Crippen LogP) is 8.11. The van der Waals surface area contributed by atoms with Gasteiger partial charge in [0, 0.05) is 43.9 Å². The summed E-state index contributed by atoms with van der Waals surface area (Å²) in [6, 6.07) is 22.8. The van der Waals surface area contributed by atoms with Gasteiger partial charge in [-0.3, -0.25) is 4.79 Å². The van der Waals surface area contributed by atoms with Crippen LogP contribution in [0.3, 0.4) is 0 Å². The van der Waals surface area contributed by atoms with Gasteiger partial charge in [-0.2, -0.15) is 5.10 Å². The average molecular weight is 543 g/mol. The number of hydrogen-bond donors (Lipinski definition) is 1. The van der Waals surface area contributed by atoms with Gasteiger partial charge >= 0.3 is 0 Å². The Morgan fingerprint density at radius 1 is 0.943 bits per heavy atom. The summed E-state index contributed by atoms with van der Waals surface area (Å²) in [6.45, 7) is 3.98. The first kappa shape index (κ1) is 25.4. The Hall–Kier alpha value is -2.70. The van der Waals surface area contributed by atoms with Gasteiger partial charge in [-0.1, -0.05) is 46.9 Å². The van der Waals surface area contributed by atoms with Crippen LogP contribution in [0.4, 0.5) is 0 Å². The molecule has 8 heteroatoms. The molecule has 0 spiro atoms. The Morgan fingerprint density at radius 3 is 2.34 bits per heavy atom. The normalized spacial score (nSPS) is 11.2. The van der Waals surface area contributed by atoms with Crippen LogP contribution < -0.4 is 5.43 Å². The van der Waals surface area contributed by atoms with E-state index in [4.69, 9.17) is 34.8 Å². The summed E-state index contributed by atoms with van der Waals surface area (Å²) in [5.74, 6) is 0.535. The molecule has 0 radical (unpaired) electrons. The second-order valence-corrected chi connectivity index (χ2v) is 10.2. The summed E-state index contributed by atoms with van der Waals surface area (Å²) in [5.41, 5.74) is 8.07. The molecule has 1 N–H and O–H groups in total. The Kier molecular flexibility index (Phi) is 8.24. The maximum atomic E-state index is 12.5. The quantitative estimate of drug-likeness (QED) is 0.146. The zero-order chi connectivity index (χ0) is 24.9. The molecule has 0 aliphatic rings. The molecule has 3 aromatic carbocycles. The summed E-state index contributed by atoms with van der Waals surface area (Å²) in [7, 11) is 0. The number of carbonyl (C=O) groups excluding carboxylic acids is 1. The number of benzene rings is 3. The SMILES string of the molecule is Cc1cc(/C=N/NC(=O)c2ccc(CSc3ccc(Cl)cc3)cc2)c(C)n1-c1ccc(Cl)c(Cl)c1. The molecule has 0 saturated heterocycles. The summed E-state index contributed by atoms with van der Waals surface area (Å²) < 4.78 is 2.06. The van der Waals surface area contributed by atoms with E-state index in [0.717, 1.165) is 43.9 Å². The van der Waals surface area contributed by atoms with Crippen LogP contribution in [-0.4, -0.2) is 16.7 Å². The molecule has 1 amide bonds. The third-order valence-corrected chi connectivity index (χ3v) is 7.51. The second-order valence-electron chi connectivity index (χ2n) is 7.90. The molecule has 0 bridgehead atoms. The smallest absolute Gasteiger partial charge is 0.271 e. The van der Waals surface area contributed by atoms with Crippen molar-refractivity contribution in [2.75, 3.05) is 0 Å². The number of carbonyl (C=O) groups is 1. The third kappa shape index (κ3) is 6.30. The number of aryl methyl sites for hydroxylation is 1. The molecular weight excluding hydrogens is 521 g/mol. The Morgan fingerprint density at radius 2 is 1.66 bits per heavy atom. The molecular formula is C27H22Cl3N3OS. The zero-order valence-corrected chi connectivity index (χ0v) is 22.1. The number of nitrogens with zero attached hydrogens (tertiary/aromatic N) is 2. The van der Waals surface area contributed by atoms with Crippen molar-refractivity contribution in [3.8, 4) is 5.69 Å². The van der Waals surface area contributed by atoms with Gasteiger partial charge in [-0.05, 0) is 80.1 Å². The van der Waals surface area contributed by atoms with Crippen molar-refractivity contribution < 1.29 is 4.79 Å². The summed E-state index contributed by atoms with van der Waals surface area (Å²) >= 11 is 19.9. The highest BCUT2D eigenvalue weighted by molar-refractivity contribution is 7.98. The lowest BCUT2D eigenvalue weighted by molar-refractivity contribution is 0.0955. The number of amides is 1. The minimum atomic E-state index is -0.267. The number of hydrazone groups is 1. The van der Waals surface area contributed by atoms with Gasteiger partial charge in [-0.15, -0.1) is 11.8 Å². The molecule has 0 aliphatic carbocycles. The molecule has 1 heterocycles. The second kappa shape index (κ2) is 11.4. The third-order valence-electron chi connectivity index (χ3n) is 5.44. The number of aromatic nitrogens is 1. The van der Waals surface area contributed by atoms with E-state index in [0.29, 0.717) is 15.6 Å². The highest BCUT2D eigenvalue weighted by Gasteiger charge is 2.11. The number of thioether (sulfide) groups is 1. The highest BCUT2D eigenvalue weighted by atomic mass is 35.5. The maximum absolute atomic E-state index is 12.5. The summed E-state index contributed by atoms with van der Waals surface area (Å²) in [5, 5.41) is 5.89. The van der Waals surface area contributed by atoms with Crippen molar-refractivity contribution in [1.82, 2.24) is 9.99 Å². The van der Waals surface area contributed by atoms with E-state index in [-0.39, 0.29) is 5.91 Å². The van der Waals surface area contributed by atoms with Crippen LogP contribution in [0, 0.1) is 13.8 Å². The lowest BCUT2D eigenvalue weighted by Crippen LogP contribution is -2.17. The summed E-state index contributed by atoms with van der Waals surface area (Å²) in [6.07, 6.45) is 1.64. The molecule has 1 aromatic heterocycles. The van der Waals surface area contributed by atoms with Crippen LogP contribution in [0.5, 0.6) is 0 Å². The van der Waals surface area contributed by atoms with E-state index < -0.39 is 0 Å². The fraction of sp³-hybridized carbons (Fsp3) is 0.111. The van der Waals surface area contributed by atoms with Crippen LogP contribution in [-0.2, 0) is 5.75 Å². The first-order chi connectivity index (χ1) is 16.8.